The summed E-state index contributed by atoms with van der Waals surface area (Å²) >= 11 is 7.95. The van der Waals surface area contributed by atoms with Crippen molar-refractivity contribution in [2.75, 3.05) is 5.73 Å². The highest BCUT2D eigenvalue weighted by Crippen LogP contribution is 2.36. The maximum atomic E-state index is 14.4. The van der Waals surface area contributed by atoms with Gasteiger partial charge in [-0.2, -0.15) is 0 Å². The van der Waals surface area contributed by atoms with Crippen LogP contribution >= 0.6 is 34.2 Å². The smallest absolute Gasteiger partial charge is 0.173 e. The maximum absolute atomic E-state index is 14.4. The SMILES string of the molecule is Nc1c(I)cnc(-c2cccc3ccc(F)c(Cl)c23)c1F. The molecule has 2 N–H and O–H groups in total. The molecule has 0 fully saturated rings. The molecule has 0 unspecified atom stereocenters. The van der Waals surface area contributed by atoms with Gasteiger partial charge in [-0.1, -0.05) is 35.9 Å². The molecule has 1 aromatic heterocycles. The number of fused-ring (bicyclic) bond motifs is 1. The van der Waals surface area contributed by atoms with Crippen LogP contribution in [0.2, 0.25) is 5.02 Å². The number of pyridine rings is 1. The van der Waals surface area contributed by atoms with Gasteiger partial charge in [0.25, 0.3) is 0 Å². The summed E-state index contributed by atoms with van der Waals surface area (Å²) in [4.78, 5) is 4.09. The predicted molar refractivity (Wildman–Crippen MR) is 89.2 cm³/mol. The molecule has 1 heterocycles. The lowest BCUT2D eigenvalue weighted by atomic mass is 10.0. The quantitative estimate of drug-likeness (QED) is 0.566. The van der Waals surface area contributed by atoms with Crippen molar-refractivity contribution in [3.05, 3.63) is 56.8 Å². The van der Waals surface area contributed by atoms with Crippen LogP contribution in [0.1, 0.15) is 0 Å². The molecule has 2 aromatic carbocycles. The summed E-state index contributed by atoms with van der Waals surface area (Å²) in [6.45, 7) is 0. The van der Waals surface area contributed by atoms with Gasteiger partial charge in [0.05, 0.1) is 14.3 Å². The molecule has 0 bridgehead atoms. The number of nitrogen functional groups attached to an aromatic ring is 1. The highest BCUT2D eigenvalue weighted by molar-refractivity contribution is 14.1. The lowest BCUT2D eigenvalue weighted by Crippen LogP contribution is -2.00. The number of nitrogens with zero attached hydrogens (tertiary/aromatic N) is 1. The number of halogens is 4. The van der Waals surface area contributed by atoms with Crippen LogP contribution in [-0.2, 0) is 0 Å². The number of anilines is 1. The number of hydrogen-bond acceptors (Lipinski definition) is 2. The molecule has 0 aliphatic heterocycles. The summed E-state index contributed by atoms with van der Waals surface area (Å²) in [5, 5.41) is 1.07. The minimum absolute atomic E-state index is 0.0186. The second kappa shape index (κ2) is 5.38. The van der Waals surface area contributed by atoms with E-state index >= 15 is 0 Å². The Morgan fingerprint density at radius 1 is 1.14 bits per heavy atom. The van der Waals surface area contributed by atoms with Crippen LogP contribution in [0.15, 0.2) is 36.5 Å². The molecule has 0 saturated heterocycles. The number of hydrogen-bond donors (Lipinski definition) is 1. The number of benzene rings is 2. The van der Waals surface area contributed by atoms with E-state index in [1.807, 2.05) is 22.6 Å². The normalized spacial score (nSPS) is 11.0. The van der Waals surface area contributed by atoms with Gasteiger partial charge in [-0.05, 0) is 34.0 Å². The largest absolute Gasteiger partial charge is 0.395 e. The minimum Gasteiger partial charge on any atom is -0.395 e. The molecule has 106 valence electrons. The zero-order valence-corrected chi connectivity index (χ0v) is 13.4. The van der Waals surface area contributed by atoms with Crippen molar-refractivity contribution in [2.45, 2.75) is 0 Å². The predicted octanol–water partition coefficient (Wildman–Crippen LogP) is 5.02. The molecular weight excluding hydrogens is 409 g/mol. The monoisotopic (exact) mass is 416 g/mol. The second-order valence-electron chi connectivity index (χ2n) is 4.45. The van der Waals surface area contributed by atoms with Gasteiger partial charge in [-0.25, -0.2) is 8.78 Å². The number of nitrogens with two attached hydrogens (primary N) is 1. The van der Waals surface area contributed by atoms with Crippen LogP contribution in [0.3, 0.4) is 0 Å². The van der Waals surface area contributed by atoms with E-state index in [0.717, 1.165) is 0 Å². The molecule has 0 saturated carbocycles. The Bertz CT molecular complexity index is 868. The molecular formula is C15H8ClF2IN2. The lowest BCUT2D eigenvalue weighted by Gasteiger charge is -2.11. The van der Waals surface area contributed by atoms with Crippen molar-refractivity contribution in [2.24, 2.45) is 0 Å². The molecule has 2 nitrogen and oxygen atoms in total. The fourth-order valence-electron chi connectivity index (χ4n) is 2.17. The molecule has 21 heavy (non-hydrogen) atoms. The third kappa shape index (κ3) is 2.34. The van der Waals surface area contributed by atoms with Gasteiger partial charge in [0.2, 0.25) is 0 Å². The van der Waals surface area contributed by atoms with Crippen LogP contribution in [0.25, 0.3) is 22.0 Å². The summed E-state index contributed by atoms with van der Waals surface area (Å²) in [6.07, 6.45) is 1.47. The van der Waals surface area contributed by atoms with E-state index in [9.17, 15) is 8.78 Å². The van der Waals surface area contributed by atoms with Crippen LogP contribution in [-0.4, -0.2) is 4.98 Å². The highest BCUT2D eigenvalue weighted by Gasteiger charge is 2.17. The summed E-state index contributed by atoms with van der Waals surface area (Å²) in [6, 6.07) is 8.03. The summed E-state index contributed by atoms with van der Waals surface area (Å²) < 4.78 is 28.6. The third-order valence-electron chi connectivity index (χ3n) is 3.20. The van der Waals surface area contributed by atoms with Crippen molar-refractivity contribution in [1.82, 2.24) is 4.98 Å². The lowest BCUT2D eigenvalue weighted by molar-refractivity contribution is 0.628. The third-order valence-corrected chi connectivity index (χ3v) is 4.43. The fourth-order valence-corrected chi connectivity index (χ4v) is 2.82. The van der Waals surface area contributed by atoms with E-state index in [0.29, 0.717) is 19.9 Å². The van der Waals surface area contributed by atoms with Gasteiger partial charge in [0.15, 0.2) is 5.82 Å². The van der Waals surface area contributed by atoms with Crippen molar-refractivity contribution < 1.29 is 8.78 Å². The summed E-state index contributed by atoms with van der Waals surface area (Å²) in [5.74, 6) is -1.19. The topological polar surface area (TPSA) is 38.9 Å². The Kier molecular flexibility index (Phi) is 3.71. The Hall–Kier alpha value is -1.47. The maximum Gasteiger partial charge on any atom is 0.173 e. The Morgan fingerprint density at radius 2 is 1.90 bits per heavy atom. The Morgan fingerprint density at radius 3 is 2.67 bits per heavy atom. The van der Waals surface area contributed by atoms with E-state index in [1.165, 1.54) is 12.3 Å². The van der Waals surface area contributed by atoms with Crippen LogP contribution in [0.4, 0.5) is 14.5 Å². The Labute approximate surface area is 138 Å². The zero-order chi connectivity index (χ0) is 15.1. The first-order chi connectivity index (χ1) is 10.0. The van der Waals surface area contributed by atoms with Gasteiger partial charge >= 0.3 is 0 Å². The van der Waals surface area contributed by atoms with Crippen LogP contribution < -0.4 is 5.73 Å². The van der Waals surface area contributed by atoms with E-state index < -0.39 is 11.6 Å². The second-order valence-corrected chi connectivity index (χ2v) is 5.99. The summed E-state index contributed by atoms with van der Waals surface area (Å²) in [7, 11) is 0. The van der Waals surface area contributed by atoms with Crippen molar-refractivity contribution in [1.29, 1.82) is 0 Å². The van der Waals surface area contributed by atoms with Crippen LogP contribution in [0, 0.1) is 15.2 Å². The van der Waals surface area contributed by atoms with E-state index in [-0.39, 0.29) is 16.4 Å². The van der Waals surface area contributed by atoms with Crippen LogP contribution in [0.5, 0.6) is 0 Å². The van der Waals surface area contributed by atoms with Crippen molar-refractivity contribution >= 4 is 50.7 Å². The molecule has 0 amide bonds. The van der Waals surface area contributed by atoms with Gasteiger partial charge in [0, 0.05) is 17.1 Å². The number of aromatic nitrogens is 1. The first-order valence-corrected chi connectivity index (χ1v) is 7.43. The molecule has 6 heteroatoms. The Balaban J connectivity index is 2.41. The van der Waals surface area contributed by atoms with Crippen molar-refractivity contribution in [3.8, 4) is 11.3 Å². The fraction of sp³-hybridized carbons (Fsp3) is 0. The molecule has 3 aromatic rings. The highest BCUT2D eigenvalue weighted by atomic mass is 127. The van der Waals surface area contributed by atoms with Gasteiger partial charge < -0.3 is 5.73 Å². The van der Waals surface area contributed by atoms with E-state index in [4.69, 9.17) is 17.3 Å². The molecule has 0 aliphatic carbocycles. The first-order valence-electron chi connectivity index (χ1n) is 5.97. The molecule has 0 spiro atoms. The molecule has 0 radical (unpaired) electrons. The zero-order valence-electron chi connectivity index (χ0n) is 10.5. The molecule has 0 aliphatic rings. The average molecular weight is 417 g/mol. The number of rotatable bonds is 1. The molecule has 3 rings (SSSR count). The first kappa shape index (κ1) is 14.5. The summed E-state index contributed by atoms with van der Waals surface area (Å²) in [5.41, 5.74) is 6.20. The minimum atomic E-state index is -0.630. The average Bonchev–Trinajstić information content (AvgIpc) is 2.48. The standard InChI is InChI=1S/C15H8ClF2IN2/c16-12-9(17)5-4-7-2-1-3-8(11(7)12)15-13(18)14(20)10(19)6-21-15/h1-6H,(H2,20,21). The van der Waals surface area contributed by atoms with E-state index in [1.54, 1.807) is 24.3 Å². The van der Waals surface area contributed by atoms with Gasteiger partial charge in [-0.3, -0.25) is 4.98 Å². The van der Waals surface area contributed by atoms with E-state index in [2.05, 4.69) is 4.98 Å². The van der Waals surface area contributed by atoms with Gasteiger partial charge in [0.1, 0.15) is 11.5 Å². The molecule has 0 atom stereocenters. The van der Waals surface area contributed by atoms with Gasteiger partial charge in [-0.15, -0.1) is 0 Å². The van der Waals surface area contributed by atoms with Crippen molar-refractivity contribution in [3.63, 3.8) is 0 Å².